The summed E-state index contributed by atoms with van der Waals surface area (Å²) in [4.78, 5) is 0. The number of rotatable bonds is 8. The van der Waals surface area contributed by atoms with Gasteiger partial charge in [-0.2, -0.15) is 0 Å². The molecule has 0 aliphatic heterocycles. The van der Waals surface area contributed by atoms with Crippen molar-refractivity contribution >= 4 is 35.0 Å². The highest BCUT2D eigenvalue weighted by atomic mass is 35.5. The lowest BCUT2D eigenvalue weighted by atomic mass is 10.1. The smallest absolute Gasteiger partial charge is 0.191 e. The molecule has 28 heavy (non-hydrogen) atoms. The molecule has 0 bridgehead atoms. The molecule has 0 amide bonds. The molecule has 0 saturated carbocycles. The number of aromatic nitrogens is 3. The molecule has 0 fully saturated rings. The summed E-state index contributed by atoms with van der Waals surface area (Å²) in [6, 6.07) is 11.6. The van der Waals surface area contributed by atoms with Gasteiger partial charge in [0.2, 0.25) is 0 Å². The molecule has 0 saturated heterocycles. The molecule has 0 N–H and O–H groups in total. The Labute approximate surface area is 179 Å². The van der Waals surface area contributed by atoms with Crippen LogP contribution in [0.5, 0.6) is 5.75 Å². The van der Waals surface area contributed by atoms with Crippen LogP contribution in [-0.2, 0) is 18.9 Å². The molecule has 1 aromatic heterocycles. The number of halogens is 2. The number of aryl methyl sites for hydroxylation is 2. The van der Waals surface area contributed by atoms with Gasteiger partial charge in [0.15, 0.2) is 11.0 Å². The van der Waals surface area contributed by atoms with Gasteiger partial charge in [-0.25, -0.2) is 0 Å². The van der Waals surface area contributed by atoms with Gasteiger partial charge in [-0.3, -0.25) is 4.57 Å². The van der Waals surface area contributed by atoms with Crippen LogP contribution in [-0.4, -0.2) is 14.8 Å². The first-order valence-corrected chi connectivity index (χ1v) is 10.5. The molecule has 3 rings (SSSR count). The Kier molecular flexibility index (Phi) is 7.05. The van der Waals surface area contributed by atoms with Crippen molar-refractivity contribution in [1.82, 2.24) is 14.8 Å². The van der Waals surface area contributed by atoms with Crippen LogP contribution in [0.1, 0.15) is 22.5 Å². The first-order chi connectivity index (χ1) is 13.5. The van der Waals surface area contributed by atoms with E-state index in [0.717, 1.165) is 33.4 Å². The van der Waals surface area contributed by atoms with E-state index in [1.807, 2.05) is 54.8 Å². The quantitative estimate of drug-likeness (QED) is 0.310. The van der Waals surface area contributed by atoms with E-state index in [2.05, 4.69) is 22.8 Å². The molecule has 146 valence electrons. The van der Waals surface area contributed by atoms with Crippen LogP contribution in [0.4, 0.5) is 0 Å². The Balaban J connectivity index is 1.76. The lowest BCUT2D eigenvalue weighted by molar-refractivity contribution is 0.287. The van der Waals surface area contributed by atoms with Gasteiger partial charge in [0.1, 0.15) is 12.4 Å². The fourth-order valence-electron chi connectivity index (χ4n) is 2.66. The van der Waals surface area contributed by atoms with Crippen LogP contribution >= 0.6 is 35.0 Å². The number of allylic oxidation sites excluding steroid dienone is 1. The molecule has 0 radical (unpaired) electrons. The van der Waals surface area contributed by atoms with Crippen molar-refractivity contribution in [2.24, 2.45) is 0 Å². The highest BCUT2D eigenvalue weighted by Crippen LogP contribution is 2.31. The molecule has 3 aromatic rings. The number of nitrogens with zero attached hydrogens (tertiary/aromatic N) is 3. The van der Waals surface area contributed by atoms with Crippen LogP contribution in [0.3, 0.4) is 0 Å². The fraction of sp³-hybridized carbons (Fsp3) is 0.238. The maximum Gasteiger partial charge on any atom is 0.191 e. The van der Waals surface area contributed by atoms with Crippen molar-refractivity contribution < 1.29 is 4.74 Å². The third kappa shape index (κ3) is 4.90. The van der Waals surface area contributed by atoms with Crippen LogP contribution in [0.25, 0.3) is 0 Å². The minimum absolute atomic E-state index is 0.332. The first-order valence-electron chi connectivity index (χ1n) is 8.78. The van der Waals surface area contributed by atoms with Crippen molar-refractivity contribution in [2.45, 2.75) is 37.9 Å². The largest absolute Gasteiger partial charge is 0.485 e. The lowest BCUT2D eigenvalue weighted by Gasteiger charge is -2.11. The Bertz CT molecular complexity index is 968. The molecule has 0 atom stereocenters. The SMILES string of the molecule is C=CCn1c(COc2cc(C)ccc2C)nnc1SCc1c(Cl)cccc1Cl. The van der Waals surface area contributed by atoms with E-state index >= 15 is 0 Å². The number of thioether (sulfide) groups is 1. The molecule has 0 unspecified atom stereocenters. The summed E-state index contributed by atoms with van der Waals surface area (Å²) in [7, 11) is 0. The van der Waals surface area contributed by atoms with Gasteiger partial charge in [-0.05, 0) is 48.7 Å². The van der Waals surface area contributed by atoms with Gasteiger partial charge in [0.05, 0.1) is 0 Å². The molecule has 0 aliphatic rings. The first kappa shape index (κ1) is 20.8. The van der Waals surface area contributed by atoms with Crippen LogP contribution in [0.15, 0.2) is 54.2 Å². The Morgan fingerprint density at radius 2 is 1.89 bits per heavy atom. The van der Waals surface area contributed by atoms with E-state index in [4.69, 9.17) is 27.9 Å². The van der Waals surface area contributed by atoms with Gasteiger partial charge in [0, 0.05) is 22.3 Å². The minimum Gasteiger partial charge on any atom is -0.485 e. The summed E-state index contributed by atoms with van der Waals surface area (Å²) in [5.41, 5.74) is 3.13. The van der Waals surface area contributed by atoms with Crippen molar-refractivity contribution in [3.05, 3.63) is 81.6 Å². The topological polar surface area (TPSA) is 39.9 Å². The number of hydrogen-bond donors (Lipinski definition) is 0. The summed E-state index contributed by atoms with van der Waals surface area (Å²) in [6.45, 7) is 8.83. The molecular weight excluding hydrogens is 413 g/mol. The summed E-state index contributed by atoms with van der Waals surface area (Å²) in [5, 5.41) is 10.7. The van der Waals surface area contributed by atoms with Crippen molar-refractivity contribution in [2.75, 3.05) is 0 Å². The summed E-state index contributed by atoms with van der Waals surface area (Å²) in [6.07, 6.45) is 1.82. The van der Waals surface area contributed by atoms with Crippen LogP contribution < -0.4 is 4.74 Å². The fourth-order valence-corrected chi connectivity index (χ4v) is 4.37. The van der Waals surface area contributed by atoms with Crippen molar-refractivity contribution in [3.8, 4) is 5.75 Å². The average Bonchev–Trinajstić information content (AvgIpc) is 3.04. The number of hydrogen-bond acceptors (Lipinski definition) is 4. The van der Waals surface area contributed by atoms with Gasteiger partial charge in [-0.15, -0.1) is 16.8 Å². The zero-order chi connectivity index (χ0) is 20.1. The van der Waals surface area contributed by atoms with E-state index in [1.165, 1.54) is 11.8 Å². The van der Waals surface area contributed by atoms with E-state index in [1.54, 1.807) is 0 Å². The summed E-state index contributed by atoms with van der Waals surface area (Å²) in [5.74, 6) is 2.20. The standard InChI is InChI=1S/C21H21Cl2N3OS/c1-4-10-26-20(12-27-19-11-14(2)8-9-15(19)3)24-25-21(26)28-13-16-17(22)6-5-7-18(16)23/h4-9,11H,1,10,12-13H2,2-3H3. The monoisotopic (exact) mass is 433 g/mol. The second-order valence-electron chi connectivity index (χ2n) is 6.34. The minimum atomic E-state index is 0.332. The summed E-state index contributed by atoms with van der Waals surface area (Å²) >= 11 is 14.1. The molecular formula is C21H21Cl2N3OS. The molecule has 7 heteroatoms. The Morgan fingerprint density at radius 1 is 1.14 bits per heavy atom. The van der Waals surface area contributed by atoms with Crippen LogP contribution in [0.2, 0.25) is 10.0 Å². The van der Waals surface area contributed by atoms with Crippen LogP contribution in [0, 0.1) is 13.8 Å². The van der Waals surface area contributed by atoms with E-state index < -0.39 is 0 Å². The highest BCUT2D eigenvalue weighted by Gasteiger charge is 2.15. The van der Waals surface area contributed by atoms with Gasteiger partial charge in [-0.1, -0.05) is 59.2 Å². The van der Waals surface area contributed by atoms with E-state index in [-0.39, 0.29) is 0 Å². The Morgan fingerprint density at radius 3 is 2.61 bits per heavy atom. The Hall–Kier alpha value is -1.95. The molecule has 4 nitrogen and oxygen atoms in total. The predicted octanol–water partition coefficient (Wildman–Crippen LogP) is 6.26. The number of benzene rings is 2. The molecule has 0 aliphatic carbocycles. The zero-order valence-electron chi connectivity index (χ0n) is 15.8. The lowest BCUT2D eigenvalue weighted by Crippen LogP contribution is -2.08. The normalized spacial score (nSPS) is 10.9. The average molecular weight is 434 g/mol. The van der Waals surface area contributed by atoms with Gasteiger partial charge < -0.3 is 4.74 Å². The van der Waals surface area contributed by atoms with E-state index in [9.17, 15) is 0 Å². The predicted molar refractivity (Wildman–Crippen MR) is 116 cm³/mol. The van der Waals surface area contributed by atoms with Gasteiger partial charge >= 0.3 is 0 Å². The second kappa shape index (κ2) is 9.50. The van der Waals surface area contributed by atoms with Gasteiger partial charge in [0.25, 0.3) is 0 Å². The van der Waals surface area contributed by atoms with Crippen molar-refractivity contribution in [1.29, 1.82) is 0 Å². The van der Waals surface area contributed by atoms with E-state index in [0.29, 0.717) is 28.9 Å². The third-order valence-corrected chi connectivity index (χ3v) is 5.91. The third-order valence-electron chi connectivity index (χ3n) is 4.21. The second-order valence-corrected chi connectivity index (χ2v) is 8.10. The number of ether oxygens (including phenoxy) is 1. The summed E-state index contributed by atoms with van der Waals surface area (Å²) < 4.78 is 7.99. The maximum atomic E-state index is 6.27. The zero-order valence-corrected chi connectivity index (χ0v) is 18.1. The molecule has 1 heterocycles. The highest BCUT2D eigenvalue weighted by molar-refractivity contribution is 7.98. The molecule has 0 spiro atoms. The van der Waals surface area contributed by atoms with Crippen molar-refractivity contribution in [3.63, 3.8) is 0 Å². The molecule has 2 aromatic carbocycles. The maximum absolute atomic E-state index is 6.27.